The molecule has 104 valence electrons. The predicted molar refractivity (Wildman–Crippen MR) is 32.8 cm³/mol. The van der Waals surface area contributed by atoms with Gasteiger partial charge in [-0.25, -0.2) is 0 Å². The van der Waals surface area contributed by atoms with Gasteiger partial charge in [-0.15, -0.1) is 0 Å². The van der Waals surface area contributed by atoms with Crippen LogP contribution in [0.2, 0.25) is 0 Å². The Bertz CT molecular complexity index is 251. The molecule has 0 saturated carbocycles. The van der Waals surface area contributed by atoms with Crippen LogP contribution in [0.3, 0.4) is 0 Å². The van der Waals surface area contributed by atoms with Crippen LogP contribution in [-0.4, -0.2) is 37.4 Å². The maximum absolute atomic E-state index is 12.3. The van der Waals surface area contributed by atoms with Gasteiger partial charge in [0.2, 0.25) is 0 Å². The predicted octanol–water partition coefficient (Wildman–Crippen LogP) is 3.40. The molecule has 0 saturated heterocycles. The second-order valence-electron chi connectivity index (χ2n) is 2.88. The first kappa shape index (κ1) is 16.3. The van der Waals surface area contributed by atoms with Gasteiger partial charge in [-0.1, -0.05) is 0 Å². The second kappa shape index (κ2) is 4.50. The Morgan fingerprint density at radius 3 is 1.35 bits per heavy atom. The maximum atomic E-state index is 12.3. The topological polar surface area (TPSA) is 9.23 Å². The molecule has 11 heteroatoms. The van der Waals surface area contributed by atoms with Crippen LogP contribution in [0.1, 0.15) is 0 Å². The number of hydrogen-bond donors (Lipinski definition) is 0. The van der Waals surface area contributed by atoms with Crippen molar-refractivity contribution in [1.29, 1.82) is 0 Å². The first-order valence-corrected chi connectivity index (χ1v) is 3.67. The van der Waals surface area contributed by atoms with E-state index >= 15 is 0 Å². The fraction of sp³-hybridized carbons (Fsp3) is 1.00. The van der Waals surface area contributed by atoms with Gasteiger partial charge < -0.3 is 4.74 Å². The summed E-state index contributed by atoms with van der Waals surface area (Å²) in [5.74, 6) is -12.2. The minimum Gasteiger partial charge on any atom is -0.366 e. The molecule has 0 fully saturated rings. The summed E-state index contributed by atoms with van der Waals surface area (Å²) in [6.07, 6.45) is -11.7. The van der Waals surface area contributed by atoms with E-state index in [1.54, 1.807) is 0 Å². The Kier molecular flexibility index (Phi) is 4.30. The summed E-state index contributed by atoms with van der Waals surface area (Å²) in [6, 6.07) is 0. The van der Waals surface area contributed by atoms with Gasteiger partial charge in [0.1, 0.15) is 13.2 Å². The van der Waals surface area contributed by atoms with E-state index in [4.69, 9.17) is 0 Å². The van der Waals surface area contributed by atoms with Gasteiger partial charge >= 0.3 is 24.2 Å². The lowest BCUT2D eigenvalue weighted by Crippen LogP contribution is -2.54. The summed E-state index contributed by atoms with van der Waals surface area (Å²) in [5.41, 5.74) is 0. The number of hydrogen-bond acceptors (Lipinski definition) is 1. The molecule has 0 aromatic carbocycles. The molecule has 0 aliphatic carbocycles. The maximum Gasteiger partial charge on any atom is 0.459 e. The SMILES string of the molecule is FC(F)(F)COCC(F)(F)C(F)(F)C(F)(F)F. The van der Waals surface area contributed by atoms with E-state index in [9.17, 15) is 43.9 Å². The van der Waals surface area contributed by atoms with Gasteiger partial charge in [0.05, 0.1) is 0 Å². The molecule has 0 unspecified atom stereocenters. The minimum absolute atomic E-state index is 2.35. The molecule has 0 bridgehead atoms. The van der Waals surface area contributed by atoms with Gasteiger partial charge in [0, 0.05) is 0 Å². The van der Waals surface area contributed by atoms with Crippen LogP contribution in [0.15, 0.2) is 0 Å². The molecule has 0 radical (unpaired) electrons. The molecule has 0 rings (SSSR count). The van der Waals surface area contributed by atoms with Crippen molar-refractivity contribution in [1.82, 2.24) is 0 Å². The summed E-state index contributed by atoms with van der Waals surface area (Å²) >= 11 is 0. The summed E-state index contributed by atoms with van der Waals surface area (Å²) < 4.78 is 120. The number of alkyl halides is 10. The third kappa shape index (κ3) is 4.21. The van der Waals surface area contributed by atoms with Gasteiger partial charge in [-0.3, -0.25) is 0 Å². The van der Waals surface area contributed by atoms with Crippen LogP contribution < -0.4 is 0 Å². The molecule has 0 aromatic heterocycles. The van der Waals surface area contributed by atoms with Gasteiger partial charge in [-0.05, 0) is 0 Å². The first-order valence-electron chi connectivity index (χ1n) is 3.67. The first-order chi connectivity index (χ1) is 7.21. The van der Waals surface area contributed by atoms with Crippen LogP contribution in [0, 0.1) is 0 Å². The van der Waals surface area contributed by atoms with Crippen molar-refractivity contribution >= 4 is 0 Å². The van der Waals surface area contributed by atoms with E-state index in [0.29, 0.717) is 0 Å². The van der Waals surface area contributed by atoms with Crippen molar-refractivity contribution in [3.05, 3.63) is 0 Å². The highest BCUT2D eigenvalue weighted by Crippen LogP contribution is 2.46. The van der Waals surface area contributed by atoms with Crippen molar-refractivity contribution in [3.8, 4) is 0 Å². The molecule has 0 amide bonds. The average Bonchev–Trinajstić information content (AvgIpc) is 1.98. The monoisotopic (exact) mass is 282 g/mol. The molecular formula is C6H4F10O. The highest BCUT2D eigenvalue weighted by Gasteiger charge is 2.73. The Morgan fingerprint density at radius 1 is 0.647 bits per heavy atom. The number of rotatable bonds is 4. The van der Waals surface area contributed by atoms with Crippen LogP contribution in [0.5, 0.6) is 0 Å². The van der Waals surface area contributed by atoms with Crippen LogP contribution in [0.4, 0.5) is 43.9 Å². The molecule has 1 nitrogen and oxygen atoms in total. The largest absolute Gasteiger partial charge is 0.459 e. The van der Waals surface area contributed by atoms with Gasteiger partial charge in [-0.2, -0.15) is 43.9 Å². The third-order valence-electron chi connectivity index (χ3n) is 1.36. The van der Waals surface area contributed by atoms with Crippen LogP contribution in [0.25, 0.3) is 0 Å². The van der Waals surface area contributed by atoms with Crippen molar-refractivity contribution in [3.63, 3.8) is 0 Å². The lowest BCUT2D eigenvalue weighted by Gasteiger charge is -2.27. The Balaban J connectivity index is 4.58. The van der Waals surface area contributed by atoms with Gasteiger partial charge in [0.15, 0.2) is 0 Å². The van der Waals surface area contributed by atoms with Crippen molar-refractivity contribution in [2.75, 3.05) is 13.2 Å². The zero-order valence-electron chi connectivity index (χ0n) is 7.60. The Hall–Kier alpha value is -0.740. The Labute approximate surface area is 87.3 Å². The molecular weight excluding hydrogens is 278 g/mol. The molecule has 0 aliphatic heterocycles. The summed E-state index contributed by atoms with van der Waals surface area (Å²) in [4.78, 5) is 0. The highest BCUT2D eigenvalue weighted by atomic mass is 19.4. The lowest BCUT2D eigenvalue weighted by atomic mass is 10.2. The zero-order chi connectivity index (χ0) is 14.1. The smallest absolute Gasteiger partial charge is 0.366 e. The molecule has 0 heterocycles. The van der Waals surface area contributed by atoms with Gasteiger partial charge in [0.25, 0.3) is 0 Å². The lowest BCUT2D eigenvalue weighted by molar-refractivity contribution is -0.363. The molecule has 0 aliphatic rings. The van der Waals surface area contributed by atoms with Crippen molar-refractivity contribution in [2.45, 2.75) is 24.2 Å². The minimum atomic E-state index is -6.59. The van der Waals surface area contributed by atoms with E-state index in [-0.39, 0.29) is 0 Å². The van der Waals surface area contributed by atoms with Crippen molar-refractivity contribution < 1.29 is 48.6 Å². The summed E-state index contributed by atoms with van der Waals surface area (Å²) in [7, 11) is 0. The standard InChI is InChI=1S/C6H4F10O/c7-3(8,1-17-2-4(9,10)11)5(12,13)6(14,15)16/h1-2H2. The van der Waals surface area contributed by atoms with E-state index < -0.39 is 37.4 Å². The molecule has 0 N–H and O–H groups in total. The fourth-order valence-electron chi connectivity index (χ4n) is 0.593. The Morgan fingerprint density at radius 2 is 1.06 bits per heavy atom. The number of halogens is 10. The zero-order valence-corrected chi connectivity index (χ0v) is 7.60. The van der Waals surface area contributed by atoms with Crippen LogP contribution >= 0.6 is 0 Å². The quantitative estimate of drug-likeness (QED) is 0.718. The number of ether oxygens (including phenoxy) is 1. The molecule has 0 aromatic rings. The molecule has 0 atom stereocenters. The molecule has 0 spiro atoms. The van der Waals surface area contributed by atoms with Crippen LogP contribution in [-0.2, 0) is 4.74 Å². The fourth-order valence-corrected chi connectivity index (χ4v) is 0.593. The van der Waals surface area contributed by atoms with Crippen molar-refractivity contribution in [2.24, 2.45) is 0 Å². The van der Waals surface area contributed by atoms with E-state index in [2.05, 4.69) is 4.74 Å². The second-order valence-corrected chi connectivity index (χ2v) is 2.88. The summed E-state index contributed by atoms with van der Waals surface area (Å²) in [6.45, 7) is -5.05. The highest BCUT2D eigenvalue weighted by molar-refractivity contribution is 4.90. The van der Waals surface area contributed by atoms with E-state index in [1.165, 1.54) is 0 Å². The van der Waals surface area contributed by atoms with E-state index in [0.717, 1.165) is 0 Å². The normalized spacial score (nSPS) is 15.2. The van der Waals surface area contributed by atoms with E-state index in [1.807, 2.05) is 0 Å². The average molecular weight is 282 g/mol. The molecule has 17 heavy (non-hydrogen) atoms. The summed E-state index contributed by atoms with van der Waals surface area (Å²) in [5, 5.41) is 0. The third-order valence-corrected chi connectivity index (χ3v) is 1.36.